The Morgan fingerprint density at radius 3 is 2.95 bits per heavy atom. The summed E-state index contributed by atoms with van der Waals surface area (Å²) in [6, 6.07) is 1.95. The van der Waals surface area contributed by atoms with Crippen LogP contribution in [0.1, 0.15) is 16.4 Å². The monoisotopic (exact) mass is 356 g/mol. The zero-order valence-corrected chi connectivity index (χ0v) is 13.3. The van der Waals surface area contributed by atoms with Crippen LogP contribution in [0.5, 0.6) is 0 Å². The summed E-state index contributed by atoms with van der Waals surface area (Å²) in [5.74, 6) is 1.20. The van der Waals surface area contributed by atoms with E-state index in [0.29, 0.717) is 12.4 Å². The standard InChI is InChI=1S/C12H10BrClN4S/c1-7-10(19-6-16-7)5-18-11(3-14)17-9-2-8(13)4-15-12(9)18/h2,4,6H,3,5H2,1H3. The summed E-state index contributed by atoms with van der Waals surface area (Å²) in [4.78, 5) is 14.4. The number of halogens is 2. The summed E-state index contributed by atoms with van der Waals surface area (Å²) in [6.07, 6.45) is 1.78. The van der Waals surface area contributed by atoms with Crippen LogP contribution in [0.2, 0.25) is 0 Å². The first-order chi connectivity index (χ1) is 9.19. The van der Waals surface area contributed by atoms with Gasteiger partial charge in [0.1, 0.15) is 11.3 Å². The smallest absolute Gasteiger partial charge is 0.160 e. The molecule has 0 amide bonds. The minimum atomic E-state index is 0.367. The first-order valence-corrected chi connectivity index (χ1v) is 7.85. The van der Waals surface area contributed by atoms with Crippen molar-refractivity contribution in [3.8, 4) is 0 Å². The van der Waals surface area contributed by atoms with Gasteiger partial charge in [-0.3, -0.25) is 0 Å². The molecule has 3 rings (SSSR count). The summed E-state index contributed by atoms with van der Waals surface area (Å²) in [5, 5.41) is 0. The van der Waals surface area contributed by atoms with Gasteiger partial charge in [0.05, 0.1) is 23.6 Å². The molecule has 0 unspecified atom stereocenters. The van der Waals surface area contributed by atoms with E-state index in [9.17, 15) is 0 Å². The summed E-state index contributed by atoms with van der Waals surface area (Å²) in [7, 11) is 0. The highest BCUT2D eigenvalue weighted by molar-refractivity contribution is 9.10. The number of pyridine rings is 1. The fraction of sp³-hybridized carbons (Fsp3) is 0.250. The Labute approximate surface area is 127 Å². The highest BCUT2D eigenvalue weighted by atomic mass is 79.9. The van der Waals surface area contributed by atoms with Gasteiger partial charge < -0.3 is 4.57 Å². The molecule has 0 aliphatic rings. The molecule has 0 aromatic carbocycles. The summed E-state index contributed by atoms with van der Waals surface area (Å²) >= 11 is 11.0. The SMILES string of the molecule is Cc1ncsc1Cn1c(CCl)nc2cc(Br)cnc21. The molecule has 3 aromatic rings. The zero-order valence-electron chi connectivity index (χ0n) is 10.1. The van der Waals surface area contributed by atoms with Crippen molar-refractivity contribution in [1.82, 2.24) is 19.5 Å². The molecule has 4 nitrogen and oxygen atoms in total. The fourth-order valence-corrected chi connectivity index (χ4v) is 3.21. The highest BCUT2D eigenvalue weighted by Gasteiger charge is 2.13. The predicted molar refractivity (Wildman–Crippen MR) is 80.7 cm³/mol. The second-order valence-electron chi connectivity index (χ2n) is 4.11. The van der Waals surface area contributed by atoms with Crippen molar-refractivity contribution >= 4 is 50.0 Å². The molecular formula is C12H10BrClN4S. The number of aromatic nitrogens is 4. The number of fused-ring (bicyclic) bond motifs is 1. The lowest BCUT2D eigenvalue weighted by Crippen LogP contribution is -2.04. The van der Waals surface area contributed by atoms with E-state index in [1.165, 1.54) is 4.88 Å². The van der Waals surface area contributed by atoms with Crippen LogP contribution in [-0.4, -0.2) is 19.5 Å². The van der Waals surface area contributed by atoms with E-state index in [1.807, 2.05) is 18.5 Å². The van der Waals surface area contributed by atoms with Crippen LogP contribution in [0.3, 0.4) is 0 Å². The van der Waals surface area contributed by atoms with Gasteiger partial charge in [0.15, 0.2) is 5.65 Å². The van der Waals surface area contributed by atoms with Gasteiger partial charge in [0, 0.05) is 15.5 Å². The Hall–Kier alpha value is -0.980. The van der Waals surface area contributed by atoms with Gasteiger partial charge in [0.2, 0.25) is 0 Å². The number of hydrogen-bond donors (Lipinski definition) is 0. The molecule has 98 valence electrons. The molecule has 0 saturated carbocycles. The molecular weight excluding hydrogens is 348 g/mol. The van der Waals surface area contributed by atoms with Gasteiger partial charge in [-0.2, -0.15) is 0 Å². The van der Waals surface area contributed by atoms with Crippen molar-refractivity contribution < 1.29 is 0 Å². The molecule has 0 radical (unpaired) electrons. The van der Waals surface area contributed by atoms with Crippen LogP contribution >= 0.6 is 38.9 Å². The van der Waals surface area contributed by atoms with E-state index >= 15 is 0 Å². The summed E-state index contributed by atoms with van der Waals surface area (Å²) in [5.41, 5.74) is 4.61. The predicted octanol–water partition coefficient (Wildman–Crippen LogP) is 3.75. The minimum Gasteiger partial charge on any atom is -0.306 e. The lowest BCUT2D eigenvalue weighted by Gasteiger charge is -2.05. The Morgan fingerprint density at radius 1 is 1.42 bits per heavy atom. The second-order valence-corrected chi connectivity index (χ2v) is 6.23. The van der Waals surface area contributed by atoms with Gasteiger partial charge in [-0.1, -0.05) is 0 Å². The van der Waals surface area contributed by atoms with Crippen molar-refractivity contribution in [3.63, 3.8) is 0 Å². The first-order valence-electron chi connectivity index (χ1n) is 5.64. The number of rotatable bonds is 3. The van der Waals surface area contributed by atoms with Gasteiger partial charge in [-0.25, -0.2) is 15.0 Å². The zero-order chi connectivity index (χ0) is 13.4. The van der Waals surface area contributed by atoms with E-state index in [1.54, 1.807) is 17.5 Å². The third-order valence-electron chi connectivity index (χ3n) is 2.90. The molecule has 3 heterocycles. The molecule has 0 saturated heterocycles. The average molecular weight is 358 g/mol. The number of thiazole rings is 1. The van der Waals surface area contributed by atoms with Gasteiger partial charge in [-0.05, 0) is 28.9 Å². The highest BCUT2D eigenvalue weighted by Crippen LogP contribution is 2.22. The molecule has 0 aliphatic carbocycles. The molecule has 0 aliphatic heterocycles. The van der Waals surface area contributed by atoms with Crippen molar-refractivity contribution in [2.45, 2.75) is 19.3 Å². The quantitative estimate of drug-likeness (QED) is 0.671. The molecule has 0 bridgehead atoms. The largest absolute Gasteiger partial charge is 0.306 e. The maximum absolute atomic E-state index is 5.99. The lowest BCUT2D eigenvalue weighted by atomic mass is 10.4. The van der Waals surface area contributed by atoms with Gasteiger partial charge >= 0.3 is 0 Å². The van der Waals surface area contributed by atoms with Crippen LogP contribution in [0, 0.1) is 6.92 Å². The normalized spacial score (nSPS) is 11.3. The second kappa shape index (κ2) is 5.19. The Balaban J connectivity index is 2.13. The summed E-state index contributed by atoms with van der Waals surface area (Å²) < 4.78 is 2.97. The Kier molecular flexibility index (Phi) is 3.56. The number of aryl methyl sites for hydroxylation is 1. The molecule has 0 fully saturated rings. The van der Waals surface area contributed by atoms with Crippen molar-refractivity contribution in [1.29, 1.82) is 0 Å². The van der Waals surface area contributed by atoms with E-state index in [0.717, 1.165) is 27.2 Å². The van der Waals surface area contributed by atoms with Crippen LogP contribution in [-0.2, 0) is 12.4 Å². The molecule has 0 N–H and O–H groups in total. The van der Waals surface area contributed by atoms with E-state index in [-0.39, 0.29) is 0 Å². The maximum atomic E-state index is 5.99. The topological polar surface area (TPSA) is 43.6 Å². The Bertz CT molecular complexity index is 736. The number of hydrogen-bond acceptors (Lipinski definition) is 4. The van der Waals surface area contributed by atoms with Crippen molar-refractivity contribution in [2.75, 3.05) is 0 Å². The molecule has 0 atom stereocenters. The number of nitrogens with zero attached hydrogens (tertiary/aromatic N) is 4. The van der Waals surface area contributed by atoms with E-state index < -0.39 is 0 Å². The van der Waals surface area contributed by atoms with Crippen LogP contribution < -0.4 is 0 Å². The van der Waals surface area contributed by atoms with Crippen LogP contribution in [0.4, 0.5) is 0 Å². The van der Waals surface area contributed by atoms with E-state index in [4.69, 9.17) is 11.6 Å². The van der Waals surface area contributed by atoms with Crippen LogP contribution in [0.25, 0.3) is 11.2 Å². The third-order valence-corrected chi connectivity index (χ3v) is 4.49. The Morgan fingerprint density at radius 2 is 2.26 bits per heavy atom. The van der Waals surface area contributed by atoms with Crippen LogP contribution in [0.15, 0.2) is 22.2 Å². The molecule has 19 heavy (non-hydrogen) atoms. The number of alkyl halides is 1. The van der Waals surface area contributed by atoms with Gasteiger partial charge in [0.25, 0.3) is 0 Å². The van der Waals surface area contributed by atoms with Crippen molar-refractivity contribution in [2.24, 2.45) is 0 Å². The number of imidazole rings is 1. The van der Waals surface area contributed by atoms with Gasteiger partial charge in [-0.15, -0.1) is 22.9 Å². The fourth-order valence-electron chi connectivity index (χ4n) is 1.92. The first kappa shape index (κ1) is 13.0. The molecule has 0 spiro atoms. The average Bonchev–Trinajstić information content (AvgIpc) is 2.94. The minimum absolute atomic E-state index is 0.367. The lowest BCUT2D eigenvalue weighted by molar-refractivity contribution is 0.774. The molecule has 3 aromatic heterocycles. The maximum Gasteiger partial charge on any atom is 0.160 e. The third kappa shape index (κ3) is 2.40. The molecule has 7 heteroatoms. The van der Waals surface area contributed by atoms with E-state index in [2.05, 4.69) is 35.4 Å². The summed E-state index contributed by atoms with van der Waals surface area (Å²) in [6.45, 7) is 2.72. The van der Waals surface area contributed by atoms with Crippen molar-refractivity contribution in [3.05, 3.63) is 38.6 Å².